The van der Waals surface area contributed by atoms with Crippen LogP contribution >= 0.6 is 11.8 Å². The van der Waals surface area contributed by atoms with Crippen molar-refractivity contribution in [3.8, 4) is 0 Å². The van der Waals surface area contributed by atoms with Crippen LogP contribution in [0.2, 0.25) is 0 Å². The molecule has 0 aliphatic carbocycles. The molecule has 2 unspecified atom stereocenters. The Morgan fingerprint density at radius 3 is 2.60 bits per heavy atom. The molecule has 0 bridgehead atoms. The van der Waals surface area contributed by atoms with E-state index in [1.54, 1.807) is 11.8 Å². The van der Waals surface area contributed by atoms with Gasteiger partial charge in [-0.3, -0.25) is 0 Å². The Labute approximate surface area is 126 Å². The maximum Gasteiger partial charge on any atom is 0.0690 e. The van der Waals surface area contributed by atoms with Crippen molar-refractivity contribution >= 4 is 11.8 Å². The average Bonchev–Trinajstić information content (AvgIpc) is 2.54. The summed E-state index contributed by atoms with van der Waals surface area (Å²) in [5, 5.41) is 10.5. The molecule has 1 aliphatic rings. The highest BCUT2D eigenvalue weighted by Gasteiger charge is 2.48. The van der Waals surface area contributed by atoms with Gasteiger partial charge >= 0.3 is 0 Å². The maximum absolute atomic E-state index is 10.5. The SMILES string of the molecule is Cc1cccc(SCC(O)C2CC(C)(C)OC2(C)C)c1. The van der Waals surface area contributed by atoms with Gasteiger partial charge in [-0.05, 0) is 53.2 Å². The third kappa shape index (κ3) is 3.78. The lowest BCUT2D eigenvalue weighted by molar-refractivity contribution is -0.0853. The first-order valence-corrected chi connectivity index (χ1v) is 8.26. The molecule has 1 saturated heterocycles. The predicted octanol–water partition coefficient (Wildman–Crippen LogP) is 4.04. The first kappa shape index (κ1) is 15.9. The summed E-state index contributed by atoms with van der Waals surface area (Å²) in [4.78, 5) is 1.22. The minimum absolute atomic E-state index is 0.136. The zero-order chi connectivity index (χ0) is 15.0. The maximum atomic E-state index is 10.5. The molecule has 1 aromatic carbocycles. The van der Waals surface area contributed by atoms with Crippen LogP contribution in [0.1, 0.15) is 39.7 Å². The van der Waals surface area contributed by atoms with Gasteiger partial charge in [0.15, 0.2) is 0 Å². The van der Waals surface area contributed by atoms with E-state index in [0.29, 0.717) is 0 Å². The van der Waals surface area contributed by atoms with E-state index in [-0.39, 0.29) is 23.2 Å². The van der Waals surface area contributed by atoms with Crippen molar-refractivity contribution in [3.63, 3.8) is 0 Å². The first-order valence-electron chi connectivity index (χ1n) is 7.27. The lowest BCUT2D eigenvalue weighted by Crippen LogP contribution is -2.37. The quantitative estimate of drug-likeness (QED) is 0.850. The number of aryl methyl sites for hydroxylation is 1. The molecule has 0 radical (unpaired) electrons. The average molecular weight is 294 g/mol. The van der Waals surface area contributed by atoms with Gasteiger partial charge in [-0.25, -0.2) is 0 Å². The van der Waals surface area contributed by atoms with Crippen molar-refractivity contribution < 1.29 is 9.84 Å². The van der Waals surface area contributed by atoms with Crippen molar-refractivity contribution in [2.24, 2.45) is 5.92 Å². The van der Waals surface area contributed by atoms with E-state index in [4.69, 9.17) is 4.74 Å². The van der Waals surface area contributed by atoms with E-state index in [1.165, 1.54) is 10.5 Å². The number of rotatable bonds is 4. The first-order chi connectivity index (χ1) is 9.20. The summed E-state index contributed by atoms with van der Waals surface area (Å²) in [5.74, 6) is 0.909. The van der Waals surface area contributed by atoms with Crippen molar-refractivity contribution in [3.05, 3.63) is 29.8 Å². The summed E-state index contributed by atoms with van der Waals surface area (Å²) < 4.78 is 6.07. The topological polar surface area (TPSA) is 29.5 Å². The normalized spacial score (nSPS) is 25.6. The molecule has 1 aliphatic heterocycles. The number of hydrogen-bond donors (Lipinski definition) is 1. The number of aliphatic hydroxyl groups excluding tert-OH is 1. The van der Waals surface area contributed by atoms with Gasteiger partial charge < -0.3 is 9.84 Å². The second-order valence-electron chi connectivity index (χ2n) is 6.97. The van der Waals surface area contributed by atoms with Gasteiger partial charge in [0, 0.05) is 16.6 Å². The Morgan fingerprint density at radius 1 is 1.35 bits per heavy atom. The van der Waals surface area contributed by atoms with Crippen LogP contribution in [-0.4, -0.2) is 28.2 Å². The summed E-state index contributed by atoms with van der Waals surface area (Å²) in [7, 11) is 0. The molecule has 0 aromatic heterocycles. The Morgan fingerprint density at radius 2 is 2.05 bits per heavy atom. The zero-order valence-corrected chi connectivity index (χ0v) is 14.0. The monoisotopic (exact) mass is 294 g/mol. The summed E-state index contributed by atoms with van der Waals surface area (Å²) >= 11 is 1.72. The van der Waals surface area contributed by atoms with E-state index >= 15 is 0 Å². The third-order valence-corrected chi connectivity index (χ3v) is 5.11. The molecule has 20 heavy (non-hydrogen) atoms. The van der Waals surface area contributed by atoms with Crippen LogP contribution in [0.25, 0.3) is 0 Å². The Balaban J connectivity index is 1.97. The summed E-state index contributed by atoms with van der Waals surface area (Å²) in [6, 6.07) is 8.43. The summed E-state index contributed by atoms with van der Waals surface area (Å²) in [5.41, 5.74) is 0.870. The van der Waals surface area contributed by atoms with Crippen LogP contribution in [0.5, 0.6) is 0 Å². The van der Waals surface area contributed by atoms with Crippen molar-refractivity contribution in [2.75, 3.05) is 5.75 Å². The van der Waals surface area contributed by atoms with Crippen LogP contribution in [0.3, 0.4) is 0 Å². The molecular weight excluding hydrogens is 268 g/mol. The number of benzene rings is 1. The Hall–Kier alpha value is -0.510. The number of ether oxygens (including phenoxy) is 1. The van der Waals surface area contributed by atoms with Crippen LogP contribution < -0.4 is 0 Å². The lowest BCUT2D eigenvalue weighted by Gasteiger charge is -2.30. The largest absolute Gasteiger partial charge is 0.392 e. The molecule has 2 nitrogen and oxygen atoms in total. The van der Waals surface area contributed by atoms with Gasteiger partial charge in [0.2, 0.25) is 0 Å². The molecule has 2 atom stereocenters. The Kier molecular flexibility index (Phi) is 4.53. The molecule has 3 heteroatoms. The highest BCUT2D eigenvalue weighted by Crippen LogP contribution is 2.44. The number of aliphatic hydroxyl groups is 1. The van der Waals surface area contributed by atoms with E-state index < -0.39 is 0 Å². The van der Waals surface area contributed by atoms with E-state index in [2.05, 4.69) is 58.9 Å². The highest BCUT2D eigenvalue weighted by atomic mass is 32.2. The van der Waals surface area contributed by atoms with Gasteiger partial charge in [0.05, 0.1) is 17.3 Å². The molecule has 0 saturated carbocycles. The van der Waals surface area contributed by atoms with Crippen LogP contribution in [-0.2, 0) is 4.74 Å². The lowest BCUT2D eigenvalue weighted by atomic mass is 9.84. The molecule has 1 aromatic rings. The van der Waals surface area contributed by atoms with Crippen LogP contribution in [0, 0.1) is 12.8 Å². The molecule has 0 amide bonds. The third-order valence-electron chi connectivity index (χ3n) is 4.02. The van der Waals surface area contributed by atoms with Gasteiger partial charge in [0.1, 0.15) is 0 Å². The minimum Gasteiger partial charge on any atom is -0.392 e. The Bertz CT molecular complexity index is 468. The molecule has 1 fully saturated rings. The predicted molar refractivity (Wildman–Crippen MR) is 85.3 cm³/mol. The van der Waals surface area contributed by atoms with Gasteiger partial charge in [-0.15, -0.1) is 11.8 Å². The molecule has 1 heterocycles. The van der Waals surface area contributed by atoms with Gasteiger partial charge in [0.25, 0.3) is 0 Å². The fraction of sp³-hybridized carbons (Fsp3) is 0.647. The van der Waals surface area contributed by atoms with E-state index in [0.717, 1.165) is 12.2 Å². The number of hydrogen-bond acceptors (Lipinski definition) is 3. The van der Waals surface area contributed by atoms with E-state index in [1.807, 2.05) is 0 Å². The highest BCUT2D eigenvalue weighted by molar-refractivity contribution is 7.99. The standard InChI is InChI=1S/C17H26O2S/c1-12-7-6-8-13(9-12)20-11-15(18)14-10-16(2,3)19-17(14,4)5/h6-9,14-15,18H,10-11H2,1-5H3. The van der Waals surface area contributed by atoms with Gasteiger partial charge in [-0.1, -0.05) is 17.7 Å². The second kappa shape index (κ2) is 5.70. The van der Waals surface area contributed by atoms with E-state index in [9.17, 15) is 5.11 Å². The zero-order valence-electron chi connectivity index (χ0n) is 13.1. The smallest absolute Gasteiger partial charge is 0.0690 e. The second-order valence-corrected chi connectivity index (χ2v) is 8.06. The summed E-state index contributed by atoms with van der Waals surface area (Å²) in [6.07, 6.45) is 0.576. The fourth-order valence-electron chi connectivity index (χ4n) is 3.21. The minimum atomic E-state index is -0.336. The van der Waals surface area contributed by atoms with Crippen LogP contribution in [0.15, 0.2) is 29.2 Å². The fourth-order valence-corrected chi connectivity index (χ4v) is 4.25. The molecule has 112 valence electrons. The van der Waals surface area contributed by atoms with Crippen molar-refractivity contribution in [1.29, 1.82) is 0 Å². The number of thioether (sulfide) groups is 1. The van der Waals surface area contributed by atoms with Gasteiger partial charge in [-0.2, -0.15) is 0 Å². The summed E-state index contributed by atoms with van der Waals surface area (Å²) in [6.45, 7) is 10.5. The molecule has 0 spiro atoms. The molecule has 2 rings (SSSR count). The van der Waals surface area contributed by atoms with Crippen LogP contribution in [0.4, 0.5) is 0 Å². The van der Waals surface area contributed by atoms with Crippen molar-refractivity contribution in [1.82, 2.24) is 0 Å². The molecule has 1 N–H and O–H groups in total. The molecular formula is C17H26O2S. The van der Waals surface area contributed by atoms with Crippen molar-refractivity contribution in [2.45, 2.75) is 63.2 Å².